The fourth-order valence-corrected chi connectivity index (χ4v) is 1.79. The van der Waals surface area contributed by atoms with Gasteiger partial charge in [-0.1, -0.05) is 13.3 Å². The lowest BCUT2D eigenvalue weighted by atomic mass is 10.1. The van der Waals surface area contributed by atoms with Crippen LogP contribution in [0.5, 0.6) is 0 Å². The summed E-state index contributed by atoms with van der Waals surface area (Å²) in [6, 6.07) is 2.51. The summed E-state index contributed by atoms with van der Waals surface area (Å²) in [5.41, 5.74) is 1.14. The zero-order chi connectivity index (χ0) is 12.0. The molecular weight excluding hydrogens is 200 g/mol. The second-order valence-electron chi connectivity index (χ2n) is 4.72. The number of hydrogen-bond acceptors (Lipinski definition) is 2. The van der Waals surface area contributed by atoms with E-state index in [9.17, 15) is 5.11 Å². The van der Waals surface area contributed by atoms with E-state index in [1.165, 1.54) is 0 Å². The minimum absolute atomic E-state index is 0.128. The molecule has 0 aliphatic heterocycles. The van der Waals surface area contributed by atoms with E-state index in [0.717, 1.165) is 37.8 Å². The van der Waals surface area contributed by atoms with E-state index in [-0.39, 0.29) is 6.10 Å². The molecule has 1 N–H and O–H groups in total. The lowest BCUT2D eigenvalue weighted by Crippen LogP contribution is -2.06. The molecule has 92 valence electrons. The van der Waals surface area contributed by atoms with Crippen LogP contribution in [-0.4, -0.2) is 21.0 Å². The van der Waals surface area contributed by atoms with Crippen molar-refractivity contribution in [2.24, 2.45) is 0 Å². The van der Waals surface area contributed by atoms with Gasteiger partial charge in [0.05, 0.1) is 11.8 Å². The zero-order valence-electron chi connectivity index (χ0n) is 10.7. The molecule has 3 heteroatoms. The maximum atomic E-state index is 9.60. The van der Waals surface area contributed by atoms with Gasteiger partial charge in [-0.2, -0.15) is 5.10 Å². The maximum Gasteiger partial charge on any atom is 0.0624 e. The Morgan fingerprint density at radius 3 is 2.69 bits per heavy atom. The van der Waals surface area contributed by atoms with Crippen molar-refractivity contribution in [3.63, 3.8) is 0 Å². The van der Waals surface area contributed by atoms with Gasteiger partial charge in [0.1, 0.15) is 0 Å². The lowest BCUT2D eigenvalue weighted by molar-refractivity contribution is 0.151. The summed E-state index contributed by atoms with van der Waals surface area (Å²) < 4.78 is 1.98. The van der Waals surface area contributed by atoms with E-state index in [0.29, 0.717) is 6.04 Å². The van der Waals surface area contributed by atoms with Crippen molar-refractivity contribution < 1.29 is 5.11 Å². The van der Waals surface area contributed by atoms with Gasteiger partial charge in [-0.15, -0.1) is 0 Å². The van der Waals surface area contributed by atoms with Gasteiger partial charge in [-0.3, -0.25) is 4.68 Å². The Kier molecular flexibility index (Phi) is 5.53. The topological polar surface area (TPSA) is 38.0 Å². The molecule has 16 heavy (non-hydrogen) atoms. The summed E-state index contributed by atoms with van der Waals surface area (Å²) in [6.07, 6.45) is 6.77. The SMILES string of the molecule is CCCC(O)CCCc1ccn(C(C)C)n1. The van der Waals surface area contributed by atoms with Crippen molar-refractivity contribution in [1.29, 1.82) is 0 Å². The molecule has 0 spiro atoms. The number of aliphatic hydroxyl groups is 1. The van der Waals surface area contributed by atoms with E-state index in [1.54, 1.807) is 0 Å². The highest BCUT2D eigenvalue weighted by Crippen LogP contribution is 2.10. The van der Waals surface area contributed by atoms with Gasteiger partial charge in [0.15, 0.2) is 0 Å². The van der Waals surface area contributed by atoms with Crippen LogP contribution in [-0.2, 0) is 6.42 Å². The Morgan fingerprint density at radius 1 is 1.38 bits per heavy atom. The first kappa shape index (κ1) is 13.2. The number of hydrogen-bond donors (Lipinski definition) is 1. The summed E-state index contributed by atoms with van der Waals surface area (Å²) in [5.74, 6) is 0. The number of aliphatic hydroxyl groups excluding tert-OH is 1. The summed E-state index contributed by atoms with van der Waals surface area (Å²) in [7, 11) is 0. The van der Waals surface area contributed by atoms with Crippen LogP contribution in [0.4, 0.5) is 0 Å². The van der Waals surface area contributed by atoms with Gasteiger partial charge in [-0.25, -0.2) is 0 Å². The fraction of sp³-hybridized carbons (Fsp3) is 0.769. The molecule has 0 saturated carbocycles. The molecule has 0 saturated heterocycles. The van der Waals surface area contributed by atoms with Crippen LogP contribution in [0, 0.1) is 0 Å². The third kappa shape index (κ3) is 4.35. The molecule has 0 fully saturated rings. The van der Waals surface area contributed by atoms with E-state index < -0.39 is 0 Å². The minimum atomic E-state index is -0.128. The highest BCUT2D eigenvalue weighted by atomic mass is 16.3. The van der Waals surface area contributed by atoms with E-state index in [1.807, 2.05) is 10.9 Å². The fourth-order valence-electron chi connectivity index (χ4n) is 1.79. The standard InChI is InChI=1S/C13H24N2O/c1-4-6-13(16)8-5-7-12-9-10-15(14-12)11(2)3/h9-11,13,16H,4-8H2,1-3H3. The molecule has 1 atom stereocenters. The van der Waals surface area contributed by atoms with Crippen LogP contribution >= 0.6 is 0 Å². The van der Waals surface area contributed by atoms with Crippen LogP contribution in [0.2, 0.25) is 0 Å². The molecule has 1 aromatic rings. The van der Waals surface area contributed by atoms with Gasteiger partial charge in [0.2, 0.25) is 0 Å². The highest BCUT2D eigenvalue weighted by Gasteiger charge is 2.05. The van der Waals surface area contributed by atoms with E-state index in [4.69, 9.17) is 0 Å². The zero-order valence-corrected chi connectivity index (χ0v) is 10.7. The molecule has 1 aromatic heterocycles. The summed E-state index contributed by atoms with van der Waals surface area (Å²) in [5, 5.41) is 14.1. The Morgan fingerprint density at radius 2 is 2.12 bits per heavy atom. The molecule has 0 aliphatic carbocycles. The van der Waals surface area contributed by atoms with Crippen molar-refractivity contribution in [3.8, 4) is 0 Å². The normalized spacial score (nSPS) is 13.3. The number of aromatic nitrogens is 2. The second-order valence-corrected chi connectivity index (χ2v) is 4.72. The molecule has 0 aliphatic rings. The second kappa shape index (κ2) is 6.69. The lowest BCUT2D eigenvalue weighted by Gasteiger charge is -2.07. The first-order chi connectivity index (χ1) is 7.63. The maximum absolute atomic E-state index is 9.60. The van der Waals surface area contributed by atoms with Crippen LogP contribution in [0.15, 0.2) is 12.3 Å². The molecule has 0 radical (unpaired) electrons. The third-order valence-electron chi connectivity index (χ3n) is 2.78. The summed E-state index contributed by atoms with van der Waals surface area (Å²) in [4.78, 5) is 0. The predicted molar refractivity (Wildman–Crippen MR) is 66.5 cm³/mol. The Labute approximate surface area is 98.5 Å². The molecular formula is C13H24N2O. The first-order valence-electron chi connectivity index (χ1n) is 6.35. The molecule has 3 nitrogen and oxygen atoms in total. The van der Waals surface area contributed by atoms with Crippen LogP contribution < -0.4 is 0 Å². The van der Waals surface area contributed by atoms with Gasteiger partial charge in [0, 0.05) is 12.2 Å². The van der Waals surface area contributed by atoms with Crippen molar-refractivity contribution in [3.05, 3.63) is 18.0 Å². The van der Waals surface area contributed by atoms with Gasteiger partial charge in [0.25, 0.3) is 0 Å². The number of rotatable bonds is 7. The summed E-state index contributed by atoms with van der Waals surface area (Å²) >= 11 is 0. The molecule has 0 amide bonds. The minimum Gasteiger partial charge on any atom is -0.393 e. The third-order valence-corrected chi connectivity index (χ3v) is 2.78. The number of aryl methyl sites for hydroxylation is 1. The molecule has 1 unspecified atom stereocenters. The molecule has 0 bridgehead atoms. The van der Waals surface area contributed by atoms with Crippen LogP contribution in [0.1, 0.15) is 58.2 Å². The Bertz CT molecular complexity index is 294. The predicted octanol–water partition coefficient (Wildman–Crippen LogP) is 2.95. The van der Waals surface area contributed by atoms with Crippen LogP contribution in [0.3, 0.4) is 0 Å². The van der Waals surface area contributed by atoms with Crippen LogP contribution in [0.25, 0.3) is 0 Å². The molecule has 1 heterocycles. The van der Waals surface area contributed by atoms with Crippen molar-refractivity contribution in [2.45, 2.75) is 65.0 Å². The quantitative estimate of drug-likeness (QED) is 0.773. The van der Waals surface area contributed by atoms with Gasteiger partial charge >= 0.3 is 0 Å². The summed E-state index contributed by atoms with van der Waals surface area (Å²) in [6.45, 7) is 6.36. The smallest absolute Gasteiger partial charge is 0.0624 e. The van der Waals surface area contributed by atoms with Crippen molar-refractivity contribution in [1.82, 2.24) is 9.78 Å². The Balaban J connectivity index is 2.26. The average molecular weight is 224 g/mol. The average Bonchev–Trinajstić information content (AvgIpc) is 2.67. The molecule has 1 rings (SSSR count). The van der Waals surface area contributed by atoms with Gasteiger partial charge in [-0.05, 0) is 45.6 Å². The highest BCUT2D eigenvalue weighted by molar-refractivity contribution is 4.99. The van der Waals surface area contributed by atoms with Crippen molar-refractivity contribution in [2.75, 3.05) is 0 Å². The van der Waals surface area contributed by atoms with Gasteiger partial charge < -0.3 is 5.11 Å². The van der Waals surface area contributed by atoms with E-state index in [2.05, 4.69) is 31.9 Å². The Hall–Kier alpha value is -0.830. The first-order valence-corrected chi connectivity index (χ1v) is 6.35. The monoisotopic (exact) mass is 224 g/mol. The number of nitrogens with zero attached hydrogens (tertiary/aromatic N) is 2. The van der Waals surface area contributed by atoms with E-state index >= 15 is 0 Å². The molecule has 0 aromatic carbocycles. The van der Waals surface area contributed by atoms with Crippen molar-refractivity contribution >= 4 is 0 Å². The largest absolute Gasteiger partial charge is 0.393 e.